The standard InChI is InChI=1S/C17H14ClFO2/c1-21-17-8-6-13(10-14(17)11-18)16(20)7-5-12-3-2-4-15(19)9-12/h2-10H,11H2,1H3/b7-5+. The quantitative estimate of drug-likeness (QED) is 0.463. The molecule has 21 heavy (non-hydrogen) atoms. The van der Waals surface area contributed by atoms with Gasteiger partial charge in [-0.2, -0.15) is 0 Å². The molecule has 0 amide bonds. The largest absolute Gasteiger partial charge is 0.496 e. The Morgan fingerprint density at radius 1 is 1.29 bits per heavy atom. The van der Waals surface area contributed by atoms with Gasteiger partial charge in [0.1, 0.15) is 11.6 Å². The lowest BCUT2D eigenvalue weighted by Crippen LogP contribution is -1.97. The summed E-state index contributed by atoms with van der Waals surface area (Å²) in [7, 11) is 1.55. The van der Waals surface area contributed by atoms with Gasteiger partial charge in [0.05, 0.1) is 13.0 Å². The van der Waals surface area contributed by atoms with Crippen molar-refractivity contribution in [3.05, 3.63) is 71.0 Å². The molecule has 4 heteroatoms. The maximum absolute atomic E-state index is 13.0. The number of methoxy groups -OCH3 is 1. The van der Waals surface area contributed by atoms with E-state index in [0.29, 0.717) is 16.9 Å². The zero-order valence-electron chi connectivity index (χ0n) is 11.5. The molecule has 0 aromatic heterocycles. The van der Waals surface area contributed by atoms with Crippen molar-refractivity contribution in [2.75, 3.05) is 7.11 Å². The van der Waals surface area contributed by atoms with Crippen LogP contribution >= 0.6 is 11.6 Å². The summed E-state index contributed by atoms with van der Waals surface area (Å²) in [6.45, 7) is 0. The highest BCUT2D eigenvalue weighted by Crippen LogP contribution is 2.22. The van der Waals surface area contributed by atoms with Crippen LogP contribution in [0.1, 0.15) is 21.5 Å². The van der Waals surface area contributed by atoms with E-state index in [1.165, 1.54) is 18.2 Å². The van der Waals surface area contributed by atoms with Crippen LogP contribution < -0.4 is 4.74 Å². The van der Waals surface area contributed by atoms with E-state index in [9.17, 15) is 9.18 Å². The summed E-state index contributed by atoms with van der Waals surface area (Å²) >= 11 is 5.83. The smallest absolute Gasteiger partial charge is 0.185 e. The van der Waals surface area contributed by atoms with Gasteiger partial charge in [-0.25, -0.2) is 4.39 Å². The van der Waals surface area contributed by atoms with E-state index in [1.807, 2.05) is 0 Å². The number of halogens is 2. The van der Waals surface area contributed by atoms with E-state index in [0.717, 1.165) is 5.56 Å². The Balaban J connectivity index is 2.20. The van der Waals surface area contributed by atoms with Crippen molar-refractivity contribution in [1.82, 2.24) is 0 Å². The highest BCUT2D eigenvalue weighted by molar-refractivity contribution is 6.17. The van der Waals surface area contributed by atoms with E-state index in [4.69, 9.17) is 16.3 Å². The van der Waals surface area contributed by atoms with Crippen LogP contribution in [-0.4, -0.2) is 12.9 Å². The van der Waals surface area contributed by atoms with Gasteiger partial charge in [0, 0.05) is 11.1 Å². The number of carbonyl (C=O) groups excluding carboxylic acids is 1. The summed E-state index contributed by atoms with van der Waals surface area (Å²) in [4.78, 5) is 12.1. The van der Waals surface area contributed by atoms with Gasteiger partial charge < -0.3 is 4.74 Å². The molecule has 0 aliphatic carbocycles. The van der Waals surface area contributed by atoms with E-state index in [-0.39, 0.29) is 17.5 Å². The first-order chi connectivity index (χ1) is 10.1. The van der Waals surface area contributed by atoms with Gasteiger partial charge in [-0.1, -0.05) is 18.2 Å². The Hall–Kier alpha value is -2.13. The van der Waals surface area contributed by atoms with Crippen molar-refractivity contribution in [3.63, 3.8) is 0 Å². The lowest BCUT2D eigenvalue weighted by molar-refractivity contribution is 0.104. The number of hydrogen-bond donors (Lipinski definition) is 0. The number of allylic oxidation sites excluding steroid dienone is 1. The fourth-order valence-corrected chi connectivity index (χ4v) is 2.12. The second kappa shape index (κ2) is 7.04. The molecule has 0 saturated carbocycles. The summed E-state index contributed by atoms with van der Waals surface area (Å²) < 4.78 is 18.2. The van der Waals surface area contributed by atoms with Crippen LogP contribution in [-0.2, 0) is 5.88 Å². The molecule has 2 rings (SSSR count). The third-order valence-electron chi connectivity index (χ3n) is 2.98. The first-order valence-corrected chi connectivity index (χ1v) is 6.88. The first kappa shape index (κ1) is 15.3. The van der Waals surface area contributed by atoms with E-state index < -0.39 is 0 Å². The van der Waals surface area contributed by atoms with Crippen molar-refractivity contribution in [3.8, 4) is 5.75 Å². The number of alkyl halides is 1. The van der Waals surface area contributed by atoms with Crippen molar-refractivity contribution in [2.24, 2.45) is 0 Å². The SMILES string of the molecule is COc1ccc(C(=O)/C=C/c2cccc(F)c2)cc1CCl. The predicted molar refractivity (Wildman–Crippen MR) is 82.3 cm³/mol. The summed E-state index contributed by atoms with van der Waals surface area (Å²) in [6.07, 6.45) is 2.99. The molecular weight excluding hydrogens is 291 g/mol. The third-order valence-corrected chi connectivity index (χ3v) is 3.27. The van der Waals surface area contributed by atoms with Crippen LogP contribution in [0.2, 0.25) is 0 Å². The summed E-state index contributed by atoms with van der Waals surface area (Å²) in [5.41, 5.74) is 1.90. The average Bonchev–Trinajstić information content (AvgIpc) is 2.52. The van der Waals surface area contributed by atoms with E-state index in [2.05, 4.69) is 0 Å². The molecule has 0 bridgehead atoms. The van der Waals surface area contributed by atoms with E-state index in [1.54, 1.807) is 43.5 Å². The number of hydrogen-bond acceptors (Lipinski definition) is 2. The second-order valence-electron chi connectivity index (χ2n) is 4.41. The minimum absolute atomic E-state index is 0.173. The number of carbonyl (C=O) groups is 1. The van der Waals surface area contributed by atoms with Crippen LogP contribution in [0, 0.1) is 5.82 Å². The summed E-state index contributed by atoms with van der Waals surface area (Å²) in [5.74, 6) is 0.403. The zero-order valence-corrected chi connectivity index (χ0v) is 12.2. The predicted octanol–water partition coefficient (Wildman–Crippen LogP) is 4.47. The van der Waals surface area contributed by atoms with Gasteiger partial charge in [-0.15, -0.1) is 11.6 Å². The Morgan fingerprint density at radius 2 is 2.10 bits per heavy atom. The summed E-state index contributed by atoms with van der Waals surface area (Å²) in [5, 5.41) is 0. The van der Waals surface area contributed by atoms with Gasteiger partial charge in [-0.3, -0.25) is 4.79 Å². The molecule has 0 spiro atoms. The van der Waals surface area contributed by atoms with Crippen LogP contribution in [0.5, 0.6) is 5.75 Å². The van der Waals surface area contributed by atoms with Crippen LogP contribution in [0.25, 0.3) is 6.08 Å². The number of benzene rings is 2. The molecule has 0 radical (unpaired) electrons. The first-order valence-electron chi connectivity index (χ1n) is 6.35. The second-order valence-corrected chi connectivity index (χ2v) is 4.68. The molecule has 0 unspecified atom stereocenters. The molecule has 0 fully saturated rings. The molecule has 2 aromatic carbocycles. The molecule has 2 nitrogen and oxygen atoms in total. The molecule has 0 aliphatic heterocycles. The average molecular weight is 305 g/mol. The monoisotopic (exact) mass is 304 g/mol. The summed E-state index contributed by atoms with van der Waals surface area (Å²) in [6, 6.07) is 11.1. The number of ether oxygens (including phenoxy) is 1. The Bertz CT molecular complexity index is 680. The molecule has 108 valence electrons. The topological polar surface area (TPSA) is 26.3 Å². The van der Waals surface area contributed by atoms with Crippen LogP contribution in [0.15, 0.2) is 48.5 Å². The fraction of sp³-hybridized carbons (Fsp3) is 0.118. The number of rotatable bonds is 5. The molecule has 0 atom stereocenters. The van der Waals surface area contributed by atoms with Gasteiger partial charge in [0.15, 0.2) is 5.78 Å². The van der Waals surface area contributed by atoms with E-state index >= 15 is 0 Å². The zero-order chi connectivity index (χ0) is 15.2. The third kappa shape index (κ3) is 3.92. The van der Waals surface area contributed by atoms with Crippen molar-refractivity contribution in [1.29, 1.82) is 0 Å². The van der Waals surface area contributed by atoms with Crippen molar-refractivity contribution < 1.29 is 13.9 Å². The van der Waals surface area contributed by atoms with Crippen LogP contribution in [0.4, 0.5) is 4.39 Å². The normalized spacial score (nSPS) is 10.8. The van der Waals surface area contributed by atoms with Gasteiger partial charge in [0.25, 0.3) is 0 Å². The minimum atomic E-state index is -0.335. The number of ketones is 1. The molecule has 0 aliphatic rings. The van der Waals surface area contributed by atoms with Gasteiger partial charge >= 0.3 is 0 Å². The van der Waals surface area contributed by atoms with Crippen LogP contribution in [0.3, 0.4) is 0 Å². The highest BCUT2D eigenvalue weighted by Gasteiger charge is 2.07. The molecular formula is C17H14ClFO2. The van der Waals surface area contributed by atoms with Gasteiger partial charge in [-0.05, 0) is 42.0 Å². The van der Waals surface area contributed by atoms with Gasteiger partial charge in [0.2, 0.25) is 0 Å². The van der Waals surface area contributed by atoms with Crippen molar-refractivity contribution >= 4 is 23.5 Å². The highest BCUT2D eigenvalue weighted by atomic mass is 35.5. The Kier molecular flexibility index (Phi) is 5.12. The lowest BCUT2D eigenvalue weighted by Gasteiger charge is -2.06. The molecule has 0 heterocycles. The van der Waals surface area contributed by atoms with Crippen molar-refractivity contribution in [2.45, 2.75) is 5.88 Å². The minimum Gasteiger partial charge on any atom is -0.496 e. The maximum Gasteiger partial charge on any atom is 0.185 e. The molecule has 2 aromatic rings. The fourth-order valence-electron chi connectivity index (χ4n) is 1.91. The Morgan fingerprint density at radius 3 is 2.76 bits per heavy atom. The molecule has 0 N–H and O–H groups in total. The lowest BCUT2D eigenvalue weighted by atomic mass is 10.1. The maximum atomic E-state index is 13.0. The molecule has 0 saturated heterocycles. The Labute approximate surface area is 127 Å².